The van der Waals surface area contributed by atoms with Crippen molar-refractivity contribution in [2.75, 3.05) is 31.6 Å². The maximum atomic E-state index is 14.0. The number of ether oxygens (including phenoxy) is 1. The number of piperidine rings is 1. The van der Waals surface area contributed by atoms with Gasteiger partial charge >= 0.3 is 0 Å². The molecule has 0 spiro atoms. The molecule has 8 heteroatoms. The van der Waals surface area contributed by atoms with E-state index >= 15 is 0 Å². The Morgan fingerprint density at radius 2 is 2.11 bits per heavy atom. The van der Waals surface area contributed by atoms with Crippen molar-refractivity contribution < 1.29 is 13.9 Å². The van der Waals surface area contributed by atoms with E-state index in [2.05, 4.69) is 15.3 Å². The van der Waals surface area contributed by atoms with Crippen LogP contribution in [0.4, 0.5) is 10.2 Å². The number of anilines is 1. The summed E-state index contributed by atoms with van der Waals surface area (Å²) in [5.74, 6) is 0.372. The first-order valence-electron chi connectivity index (χ1n) is 9.69. The number of nitrogens with zero attached hydrogens (tertiary/aromatic N) is 3. The van der Waals surface area contributed by atoms with Crippen molar-refractivity contribution in [3.63, 3.8) is 0 Å². The fraction of sp³-hybridized carbons (Fsp3) is 0.500. The number of halogens is 2. The SMILES string of the molecule is O=C(Nc1ccnn1C1CCN(Cc2c(F)cccc2Cl)CC1)C1CCOC1. The number of hydrogen-bond acceptors (Lipinski definition) is 4. The first-order chi connectivity index (χ1) is 13.6. The Bertz CT molecular complexity index is 809. The standard InChI is InChI=1S/C20H24ClFN4O2/c21-17-2-1-3-18(22)16(17)12-25-9-5-15(6-10-25)26-19(4-8-23-26)24-20(27)14-7-11-28-13-14/h1-4,8,14-15H,5-7,9-13H2,(H,24,27). The van der Waals surface area contributed by atoms with E-state index in [9.17, 15) is 9.18 Å². The highest BCUT2D eigenvalue weighted by Gasteiger charge is 2.27. The van der Waals surface area contributed by atoms with Gasteiger partial charge in [-0.3, -0.25) is 9.69 Å². The third kappa shape index (κ3) is 4.21. The van der Waals surface area contributed by atoms with E-state index in [0.717, 1.165) is 38.2 Å². The number of carbonyl (C=O) groups excluding carboxylic acids is 1. The molecule has 4 rings (SSSR count). The highest BCUT2D eigenvalue weighted by atomic mass is 35.5. The smallest absolute Gasteiger partial charge is 0.231 e. The summed E-state index contributed by atoms with van der Waals surface area (Å²) in [6.07, 6.45) is 4.23. The summed E-state index contributed by atoms with van der Waals surface area (Å²) in [5.41, 5.74) is 0.549. The lowest BCUT2D eigenvalue weighted by atomic mass is 10.0. The summed E-state index contributed by atoms with van der Waals surface area (Å²) in [6, 6.07) is 6.83. The molecule has 3 heterocycles. The molecular formula is C20H24ClFN4O2. The Morgan fingerprint density at radius 3 is 2.82 bits per heavy atom. The molecule has 6 nitrogen and oxygen atoms in total. The topological polar surface area (TPSA) is 59.4 Å². The lowest BCUT2D eigenvalue weighted by Crippen LogP contribution is -2.35. The Morgan fingerprint density at radius 1 is 1.29 bits per heavy atom. The van der Waals surface area contributed by atoms with E-state index in [1.165, 1.54) is 6.07 Å². The normalized spacial score (nSPS) is 21.1. The van der Waals surface area contributed by atoms with Crippen LogP contribution in [-0.2, 0) is 16.1 Å². The number of aromatic nitrogens is 2. The fourth-order valence-electron chi connectivity index (χ4n) is 3.90. The van der Waals surface area contributed by atoms with E-state index in [-0.39, 0.29) is 23.7 Å². The Hall–Kier alpha value is -1.96. The van der Waals surface area contributed by atoms with Crippen LogP contribution in [-0.4, -0.2) is 46.9 Å². The van der Waals surface area contributed by atoms with Gasteiger partial charge in [0.05, 0.1) is 24.8 Å². The molecule has 1 aromatic carbocycles. The van der Waals surface area contributed by atoms with Gasteiger partial charge in [0.25, 0.3) is 0 Å². The number of rotatable bonds is 5. The van der Waals surface area contributed by atoms with Crippen LogP contribution in [0, 0.1) is 11.7 Å². The molecule has 2 saturated heterocycles. The lowest BCUT2D eigenvalue weighted by Gasteiger charge is -2.33. The summed E-state index contributed by atoms with van der Waals surface area (Å²) in [4.78, 5) is 14.6. The molecule has 2 aromatic rings. The molecule has 1 N–H and O–H groups in total. The Kier molecular flexibility index (Phi) is 5.94. The molecule has 0 aliphatic carbocycles. The van der Waals surface area contributed by atoms with E-state index in [4.69, 9.17) is 16.3 Å². The zero-order chi connectivity index (χ0) is 19.5. The fourth-order valence-corrected chi connectivity index (χ4v) is 4.13. The van der Waals surface area contributed by atoms with Crippen molar-refractivity contribution in [1.29, 1.82) is 0 Å². The van der Waals surface area contributed by atoms with Crippen LogP contribution in [0.15, 0.2) is 30.5 Å². The Balaban J connectivity index is 1.35. The average molecular weight is 407 g/mol. The molecule has 0 radical (unpaired) electrons. The summed E-state index contributed by atoms with van der Waals surface area (Å²) in [6.45, 7) is 3.26. The second-order valence-electron chi connectivity index (χ2n) is 7.42. The van der Waals surface area contributed by atoms with E-state index < -0.39 is 0 Å². The van der Waals surface area contributed by atoms with Crippen molar-refractivity contribution in [3.8, 4) is 0 Å². The molecule has 1 unspecified atom stereocenters. The van der Waals surface area contributed by atoms with Gasteiger partial charge in [0.15, 0.2) is 0 Å². The largest absolute Gasteiger partial charge is 0.381 e. The molecule has 1 atom stereocenters. The number of amides is 1. The van der Waals surface area contributed by atoms with Gasteiger partial charge in [-0.2, -0.15) is 5.10 Å². The van der Waals surface area contributed by atoms with Gasteiger partial charge in [0.2, 0.25) is 5.91 Å². The maximum Gasteiger partial charge on any atom is 0.231 e. The predicted octanol–water partition coefficient (Wildman–Crippen LogP) is 3.49. The van der Waals surface area contributed by atoms with Crippen LogP contribution >= 0.6 is 11.6 Å². The highest BCUT2D eigenvalue weighted by molar-refractivity contribution is 6.31. The highest BCUT2D eigenvalue weighted by Crippen LogP contribution is 2.28. The molecule has 28 heavy (non-hydrogen) atoms. The van der Waals surface area contributed by atoms with Crippen molar-refractivity contribution in [2.45, 2.75) is 31.8 Å². The third-order valence-electron chi connectivity index (χ3n) is 5.57. The molecule has 1 amide bonds. The van der Waals surface area contributed by atoms with Gasteiger partial charge < -0.3 is 10.1 Å². The van der Waals surface area contributed by atoms with Crippen molar-refractivity contribution >= 4 is 23.3 Å². The third-order valence-corrected chi connectivity index (χ3v) is 5.92. The van der Waals surface area contributed by atoms with Gasteiger partial charge in [-0.25, -0.2) is 9.07 Å². The number of carbonyl (C=O) groups is 1. The average Bonchev–Trinajstić information content (AvgIpc) is 3.37. The number of benzene rings is 1. The monoisotopic (exact) mass is 406 g/mol. The molecular weight excluding hydrogens is 383 g/mol. The second kappa shape index (κ2) is 8.59. The van der Waals surface area contributed by atoms with Crippen molar-refractivity contribution in [1.82, 2.24) is 14.7 Å². The quantitative estimate of drug-likeness (QED) is 0.825. The Labute approximate surface area is 168 Å². The van der Waals surface area contributed by atoms with E-state index in [1.54, 1.807) is 18.3 Å². The molecule has 2 aliphatic heterocycles. The summed E-state index contributed by atoms with van der Waals surface area (Å²) < 4.78 is 21.2. The minimum Gasteiger partial charge on any atom is -0.381 e. The summed E-state index contributed by atoms with van der Waals surface area (Å²) in [5, 5.41) is 7.89. The van der Waals surface area contributed by atoms with Crippen LogP contribution in [0.2, 0.25) is 5.02 Å². The molecule has 0 saturated carbocycles. The first-order valence-corrected chi connectivity index (χ1v) is 10.1. The van der Waals surface area contributed by atoms with Crippen molar-refractivity contribution in [2.24, 2.45) is 5.92 Å². The maximum absolute atomic E-state index is 14.0. The van der Waals surface area contributed by atoms with Crippen LogP contribution in [0.25, 0.3) is 0 Å². The van der Waals surface area contributed by atoms with Crippen LogP contribution in [0.1, 0.15) is 30.9 Å². The molecule has 1 aromatic heterocycles. The minimum absolute atomic E-state index is 0.00844. The zero-order valence-electron chi connectivity index (χ0n) is 15.6. The minimum atomic E-state index is -0.261. The first kappa shape index (κ1) is 19.4. The second-order valence-corrected chi connectivity index (χ2v) is 7.83. The molecule has 150 valence electrons. The van der Waals surface area contributed by atoms with Gasteiger partial charge in [0.1, 0.15) is 11.6 Å². The van der Waals surface area contributed by atoms with Crippen LogP contribution in [0.3, 0.4) is 0 Å². The van der Waals surface area contributed by atoms with Gasteiger partial charge in [-0.05, 0) is 31.4 Å². The van der Waals surface area contributed by atoms with Gasteiger partial charge in [0, 0.05) is 42.9 Å². The molecule has 0 bridgehead atoms. The van der Waals surface area contributed by atoms with Crippen molar-refractivity contribution in [3.05, 3.63) is 46.9 Å². The lowest BCUT2D eigenvalue weighted by molar-refractivity contribution is -0.119. The number of nitrogens with one attached hydrogen (secondary N) is 1. The number of hydrogen-bond donors (Lipinski definition) is 1. The van der Waals surface area contributed by atoms with E-state index in [0.29, 0.717) is 30.3 Å². The molecule has 2 aliphatic rings. The molecule has 2 fully saturated rings. The number of likely N-dealkylation sites (tertiary alicyclic amines) is 1. The van der Waals surface area contributed by atoms with Crippen LogP contribution in [0.5, 0.6) is 0 Å². The predicted molar refractivity (Wildman–Crippen MR) is 105 cm³/mol. The van der Waals surface area contributed by atoms with E-state index in [1.807, 2.05) is 10.7 Å². The van der Waals surface area contributed by atoms with Crippen LogP contribution < -0.4 is 5.32 Å². The summed E-state index contributed by atoms with van der Waals surface area (Å²) >= 11 is 6.15. The van der Waals surface area contributed by atoms with Gasteiger partial charge in [-0.1, -0.05) is 17.7 Å². The summed E-state index contributed by atoms with van der Waals surface area (Å²) in [7, 11) is 0. The van der Waals surface area contributed by atoms with Gasteiger partial charge in [-0.15, -0.1) is 0 Å². The zero-order valence-corrected chi connectivity index (χ0v) is 16.4.